The Kier molecular flexibility index (Phi) is 4.56. The third kappa shape index (κ3) is 4.81. The van der Waals surface area contributed by atoms with E-state index >= 15 is 0 Å². The minimum Gasteiger partial charge on any atom is -0.370 e. The molecule has 4 N–H and O–H groups in total. The quantitative estimate of drug-likeness (QED) is 0.553. The highest BCUT2D eigenvalue weighted by molar-refractivity contribution is 5.83. The Morgan fingerprint density at radius 1 is 1.43 bits per heavy atom. The van der Waals surface area contributed by atoms with E-state index in [0.29, 0.717) is 0 Å². The van der Waals surface area contributed by atoms with E-state index in [1.807, 2.05) is 0 Å². The molecule has 0 heterocycles. The molecule has 1 unspecified atom stereocenters. The molecule has 0 aliphatic heterocycles. The third-order valence-electron chi connectivity index (χ3n) is 1.90. The zero-order chi connectivity index (χ0) is 11.4. The van der Waals surface area contributed by atoms with Gasteiger partial charge in [0.15, 0.2) is 0 Å². The molecule has 0 saturated heterocycles. The highest BCUT2D eigenvalue weighted by Crippen LogP contribution is 2.07. The first-order chi connectivity index (χ1) is 6.28. The number of carbonyl (C=O) groups excluding carboxylic acids is 2. The summed E-state index contributed by atoms with van der Waals surface area (Å²) in [5, 5.41) is 5.55. The number of amides is 2. The lowest BCUT2D eigenvalue weighted by molar-refractivity contribution is -0.125. The number of carbonyl (C=O) groups is 2. The Hall–Kier alpha value is -1.10. The van der Waals surface area contributed by atoms with Gasteiger partial charge in [-0.3, -0.25) is 9.59 Å². The van der Waals surface area contributed by atoms with E-state index in [1.54, 1.807) is 27.8 Å². The summed E-state index contributed by atoms with van der Waals surface area (Å²) in [5.41, 5.74) is 4.47. The largest absolute Gasteiger partial charge is 0.370 e. The van der Waals surface area contributed by atoms with E-state index in [0.717, 1.165) is 0 Å². The van der Waals surface area contributed by atoms with Crippen LogP contribution in [0.5, 0.6) is 0 Å². The third-order valence-corrected chi connectivity index (χ3v) is 1.90. The zero-order valence-electron chi connectivity index (χ0n) is 9.18. The van der Waals surface area contributed by atoms with Crippen LogP contribution in [-0.4, -0.2) is 30.4 Å². The monoisotopic (exact) mass is 201 g/mol. The normalized spacial score (nSPS) is 13.4. The Morgan fingerprint density at radius 2 is 1.93 bits per heavy atom. The van der Waals surface area contributed by atoms with Gasteiger partial charge >= 0.3 is 0 Å². The van der Waals surface area contributed by atoms with Gasteiger partial charge in [0, 0.05) is 12.0 Å². The summed E-state index contributed by atoms with van der Waals surface area (Å²) in [5.74, 6) is -0.564. The molecule has 82 valence electrons. The molecule has 0 spiro atoms. The summed E-state index contributed by atoms with van der Waals surface area (Å²) in [6.07, 6.45) is 0.134. The molecular formula is C9H19N3O2. The summed E-state index contributed by atoms with van der Waals surface area (Å²) < 4.78 is 0. The van der Waals surface area contributed by atoms with Crippen LogP contribution in [0.4, 0.5) is 0 Å². The molecule has 14 heavy (non-hydrogen) atoms. The van der Waals surface area contributed by atoms with Gasteiger partial charge in [0.25, 0.3) is 0 Å². The van der Waals surface area contributed by atoms with Crippen LogP contribution < -0.4 is 16.4 Å². The van der Waals surface area contributed by atoms with Crippen LogP contribution in [0.3, 0.4) is 0 Å². The van der Waals surface area contributed by atoms with Gasteiger partial charge in [-0.05, 0) is 27.8 Å². The molecule has 0 aromatic heterocycles. The van der Waals surface area contributed by atoms with Crippen molar-refractivity contribution in [3.05, 3.63) is 0 Å². The van der Waals surface area contributed by atoms with Crippen LogP contribution in [0.25, 0.3) is 0 Å². The van der Waals surface area contributed by atoms with E-state index in [9.17, 15) is 9.59 Å². The van der Waals surface area contributed by atoms with Crippen molar-refractivity contribution in [3.63, 3.8) is 0 Å². The molecule has 0 aromatic rings. The van der Waals surface area contributed by atoms with Gasteiger partial charge in [0.05, 0.1) is 6.04 Å². The van der Waals surface area contributed by atoms with E-state index in [-0.39, 0.29) is 18.4 Å². The molecule has 1 atom stereocenters. The smallest absolute Gasteiger partial charge is 0.237 e. The van der Waals surface area contributed by atoms with E-state index in [2.05, 4.69) is 10.6 Å². The molecule has 0 aliphatic rings. The summed E-state index contributed by atoms with van der Waals surface area (Å²) >= 11 is 0. The second kappa shape index (κ2) is 4.95. The number of primary amides is 1. The van der Waals surface area contributed by atoms with Crippen molar-refractivity contribution in [1.29, 1.82) is 0 Å². The van der Waals surface area contributed by atoms with Gasteiger partial charge in [-0.1, -0.05) is 0 Å². The minimum absolute atomic E-state index is 0.134. The Morgan fingerprint density at radius 3 is 2.29 bits per heavy atom. The maximum atomic E-state index is 11.4. The molecule has 0 radical (unpaired) electrons. The first-order valence-corrected chi connectivity index (χ1v) is 4.56. The fourth-order valence-corrected chi connectivity index (χ4v) is 1.05. The summed E-state index contributed by atoms with van der Waals surface area (Å²) in [6.45, 7) is 5.27. The molecule has 0 aromatic carbocycles. The Bertz CT molecular complexity index is 226. The summed E-state index contributed by atoms with van der Waals surface area (Å²) in [4.78, 5) is 22.1. The second-order valence-electron chi connectivity index (χ2n) is 4.03. The lowest BCUT2D eigenvalue weighted by atomic mass is 10.00. The fourth-order valence-electron chi connectivity index (χ4n) is 1.05. The van der Waals surface area contributed by atoms with Crippen molar-refractivity contribution in [1.82, 2.24) is 10.6 Å². The Balaban J connectivity index is 4.21. The van der Waals surface area contributed by atoms with Gasteiger partial charge in [-0.2, -0.15) is 0 Å². The maximum absolute atomic E-state index is 11.4. The maximum Gasteiger partial charge on any atom is 0.237 e. The molecule has 0 rings (SSSR count). The standard InChI is InChI=1S/C9H19N3O2/c1-6(11-4)8(14)12-9(2,3)5-7(10)13/h6,11H,5H2,1-4H3,(H2,10,13)(H,12,14). The first-order valence-electron chi connectivity index (χ1n) is 4.56. The van der Waals surface area contributed by atoms with Crippen molar-refractivity contribution < 1.29 is 9.59 Å². The van der Waals surface area contributed by atoms with Crippen LogP contribution in [-0.2, 0) is 9.59 Å². The van der Waals surface area contributed by atoms with Crippen LogP contribution in [0.15, 0.2) is 0 Å². The molecule has 0 saturated carbocycles. The van der Waals surface area contributed by atoms with Crippen LogP contribution in [0, 0.1) is 0 Å². The Labute approximate surface area is 84.4 Å². The number of hydrogen-bond donors (Lipinski definition) is 3. The SMILES string of the molecule is CNC(C)C(=O)NC(C)(C)CC(N)=O. The lowest BCUT2D eigenvalue weighted by Gasteiger charge is -2.26. The second-order valence-corrected chi connectivity index (χ2v) is 4.03. The number of nitrogens with one attached hydrogen (secondary N) is 2. The van der Waals surface area contributed by atoms with Crippen molar-refractivity contribution in [2.75, 3.05) is 7.05 Å². The van der Waals surface area contributed by atoms with Crippen LogP contribution in [0.1, 0.15) is 27.2 Å². The van der Waals surface area contributed by atoms with E-state index in [4.69, 9.17) is 5.73 Å². The van der Waals surface area contributed by atoms with Gasteiger partial charge in [-0.15, -0.1) is 0 Å². The fraction of sp³-hybridized carbons (Fsp3) is 0.778. The highest BCUT2D eigenvalue weighted by atomic mass is 16.2. The topological polar surface area (TPSA) is 84.2 Å². The van der Waals surface area contributed by atoms with Crippen molar-refractivity contribution in [2.24, 2.45) is 5.73 Å². The van der Waals surface area contributed by atoms with E-state index < -0.39 is 11.4 Å². The molecule has 5 nitrogen and oxygen atoms in total. The number of likely N-dealkylation sites (N-methyl/N-ethyl adjacent to an activating group) is 1. The zero-order valence-corrected chi connectivity index (χ0v) is 9.18. The number of nitrogens with two attached hydrogens (primary N) is 1. The highest BCUT2D eigenvalue weighted by Gasteiger charge is 2.24. The van der Waals surface area contributed by atoms with Crippen molar-refractivity contribution >= 4 is 11.8 Å². The molecule has 5 heteroatoms. The number of rotatable bonds is 5. The summed E-state index contributed by atoms with van der Waals surface area (Å²) in [6, 6.07) is -0.276. The number of hydrogen-bond acceptors (Lipinski definition) is 3. The average molecular weight is 201 g/mol. The average Bonchev–Trinajstić information content (AvgIpc) is 1.99. The van der Waals surface area contributed by atoms with Crippen molar-refractivity contribution in [3.8, 4) is 0 Å². The van der Waals surface area contributed by atoms with Gasteiger partial charge < -0.3 is 16.4 Å². The molecule has 2 amide bonds. The molecular weight excluding hydrogens is 182 g/mol. The van der Waals surface area contributed by atoms with Crippen molar-refractivity contribution in [2.45, 2.75) is 38.8 Å². The van der Waals surface area contributed by atoms with Gasteiger partial charge in [0.1, 0.15) is 0 Å². The predicted molar refractivity (Wildman–Crippen MR) is 54.6 cm³/mol. The lowest BCUT2D eigenvalue weighted by Crippen LogP contribution is -2.51. The predicted octanol–water partition coefficient (Wildman–Crippen LogP) is -0.635. The van der Waals surface area contributed by atoms with E-state index in [1.165, 1.54) is 0 Å². The van der Waals surface area contributed by atoms with Crippen LogP contribution >= 0.6 is 0 Å². The summed E-state index contributed by atoms with van der Waals surface area (Å²) in [7, 11) is 1.70. The van der Waals surface area contributed by atoms with Gasteiger partial charge in [-0.25, -0.2) is 0 Å². The molecule has 0 fully saturated rings. The van der Waals surface area contributed by atoms with Gasteiger partial charge in [0.2, 0.25) is 11.8 Å². The first kappa shape index (κ1) is 12.9. The molecule has 0 bridgehead atoms. The van der Waals surface area contributed by atoms with Crippen LogP contribution in [0.2, 0.25) is 0 Å². The molecule has 0 aliphatic carbocycles. The minimum atomic E-state index is -0.589.